The molecule has 1 atom stereocenters. The number of aromatic nitrogens is 2. The molecule has 0 fully saturated rings. The van der Waals surface area contributed by atoms with E-state index < -0.39 is 18.2 Å². The van der Waals surface area contributed by atoms with Gasteiger partial charge in [0, 0.05) is 30.4 Å². The number of halogens is 3. The number of anilines is 1. The molecular weight excluding hydrogens is 393 g/mol. The topological polar surface area (TPSA) is 86.6 Å². The summed E-state index contributed by atoms with van der Waals surface area (Å²) in [5, 5.41) is 8.35. The van der Waals surface area contributed by atoms with Crippen molar-refractivity contribution in [3.63, 3.8) is 0 Å². The lowest BCUT2D eigenvalue weighted by Crippen LogP contribution is -2.41. The summed E-state index contributed by atoms with van der Waals surface area (Å²) in [6, 6.07) is -0.462. The maximum absolute atomic E-state index is 13.7. The molecule has 1 heterocycles. The number of hydrogen-bond acceptors (Lipinski definition) is 5. The molecule has 2 N–H and O–H groups in total. The Morgan fingerprint density at radius 1 is 1.10 bits per heavy atom. The van der Waals surface area contributed by atoms with E-state index in [0.717, 1.165) is 0 Å². The number of carbonyl (C=O) groups is 1. The standard InChI is InChI=1S/C18H23F3N4O4/c1-9-14(10(2)25(3)24-9)16(18(19,20)21)23-17(26)22-11-7-12(27-4)15(29-6)13(8-11)28-5/h7-8,16H,1-6H3,(H2,22,23,26)/t16-/m0/s1. The minimum atomic E-state index is -4.72. The highest BCUT2D eigenvalue weighted by atomic mass is 19.4. The molecule has 1 aromatic heterocycles. The minimum absolute atomic E-state index is 0.0972. The zero-order valence-corrected chi connectivity index (χ0v) is 16.9. The molecule has 0 saturated heterocycles. The SMILES string of the molecule is COc1cc(NC(=O)N[C@@H](c2c(C)nn(C)c2C)C(F)(F)F)cc(OC)c1OC. The third kappa shape index (κ3) is 4.66. The van der Waals surface area contributed by atoms with Crippen molar-refractivity contribution in [1.82, 2.24) is 15.1 Å². The third-order valence-corrected chi connectivity index (χ3v) is 4.38. The molecule has 0 radical (unpaired) electrons. The van der Waals surface area contributed by atoms with E-state index in [-0.39, 0.29) is 34.2 Å². The number of aryl methyl sites for hydroxylation is 2. The van der Waals surface area contributed by atoms with Crippen LogP contribution in [0.2, 0.25) is 0 Å². The van der Waals surface area contributed by atoms with Gasteiger partial charge in [0.1, 0.15) is 0 Å². The maximum Gasteiger partial charge on any atom is 0.413 e. The Balaban J connectivity index is 2.32. The fourth-order valence-electron chi connectivity index (χ4n) is 2.98. The lowest BCUT2D eigenvalue weighted by atomic mass is 10.0. The van der Waals surface area contributed by atoms with Crippen LogP contribution >= 0.6 is 0 Å². The Labute approximate surface area is 165 Å². The molecule has 0 aliphatic carbocycles. The summed E-state index contributed by atoms with van der Waals surface area (Å²) in [6.45, 7) is 2.96. The first kappa shape index (κ1) is 22.2. The summed E-state index contributed by atoms with van der Waals surface area (Å²) in [6.07, 6.45) is -4.72. The Morgan fingerprint density at radius 3 is 2.03 bits per heavy atom. The number of nitrogens with zero attached hydrogens (tertiary/aromatic N) is 2. The van der Waals surface area contributed by atoms with Crippen molar-refractivity contribution < 1.29 is 32.2 Å². The molecule has 0 aliphatic heterocycles. The molecule has 0 unspecified atom stereocenters. The summed E-state index contributed by atoms with van der Waals surface area (Å²) < 4.78 is 57.9. The fourth-order valence-corrected chi connectivity index (χ4v) is 2.98. The van der Waals surface area contributed by atoms with Gasteiger partial charge in [-0.3, -0.25) is 4.68 Å². The van der Waals surface area contributed by atoms with E-state index in [2.05, 4.69) is 10.4 Å². The van der Waals surface area contributed by atoms with E-state index in [9.17, 15) is 18.0 Å². The van der Waals surface area contributed by atoms with Gasteiger partial charge in [-0.05, 0) is 13.8 Å². The van der Waals surface area contributed by atoms with Crippen LogP contribution in [0.1, 0.15) is 23.0 Å². The molecule has 0 spiro atoms. The highest BCUT2D eigenvalue weighted by molar-refractivity contribution is 5.90. The van der Waals surface area contributed by atoms with Crippen molar-refractivity contribution in [2.45, 2.75) is 26.1 Å². The second-order valence-corrected chi connectivity index (χ2v) is 6.20. The summed E-state index contributed by atoms with van der Waals surface area (Å²) >= 11 is 0. The van der Waals surface area contributed by atoms with E-state index in [4.69, 9.17) is 14.2 Å². The summed E-state index contributed by atoms with van der Waals surface area (Å²) in [4.78, 5) is 12.4. The maximum atomic E-state index is 13.7. The number of ether oxygens (including phenoxy) is 3. The predicted molar refractivity (Wildman–Crippen MR) is 99.7 cm³/mol. The van der Waals surface area contributed by atoms with Crippen molar-refractivity contribution in [3.05, 3.63) is 29.1 Å². The largest absolute Gasteiger partial charge is 0.493 e. The first-order valence-corrected chi connectivity index (χ1v) is 8.47. The first-order valence-electron chi connectivity index (χ1n) is 8.47. The number of benzene rings is 1. The van der Waals surface area contributed by atoms with Gasteiger partial charge in [0.2, 0.25) is 5.75 Å². The van der Waals surface area contributed by atoms with Crippen molar-refractivity contribution in [3.8, 4) is 17.2 Å². The number of amides is 2. The quantitative estimate of drug-likeness (QED) is 0.753. The molecule has 8 nitrogen and oxygen atoms in total. The van der Waals surface area contributed by atoms with Gasteiger partial charge in [-0.1, -0.05) is 0 Å². The lowest BCUT2D eigenvalue weighted by molar-refractivity contribution is -0.155. The molecule has 2 aromatic rings. The molecule has 0 bridgehead atoms. The van der Waals surface area contributed by atoms with E-state index in [1.165, 1.54) is 59.0 Å². The molecule has 2 rings (SSSR count). The van der Waals surface area contributed by atoms with Crippen LogP contribution in [0.15, 0.2) is 12.1 Å². The van der Waals surface area contributed by atoms with Crippen LogP contribution in [0.4, 0.5) is 23.7 Å². The average Bonchev–Trinajstić information content (AvgIpc) is 2.89. The molecule has 1 aromatic carbocycles. The van der Waals surface area contributed by atoms with Crippen LogP contribution in [-0.4, -0.2) is 43.3 Å². The Kier molecular flexibility index (Phi) is 6.50. The Hall–Kier alpha value is -3.11. The smallest absolute Gasteiger partial charge is 0.413 e. The predicted octanol–water partition coefficient (Wildman–Crippen LogP) is 3.49. The van der Waals surface area contributed by atoms with Crippen LogP contribution in [0.25, 0.3) is 0 Å². The van der Waals surface area contributed by atoms with Gasteiger partial charge in [-0.15, -0.1) is 0 Å². The second-order valence-electron chi connectivity index (χ2n) is 6.20. The van der Waals surface area contributed by atoms with Gasteiger partial charge in [0.25, 0.3) is 0 Å². The van der Waals surface area contributed by atoms with Crippen molar-refractivity contribution in [2.24, 2.45) is 7.05 Å². The highest BCUT2D eigenvalue weighted by Gasteiger charge is 2.44. The van der Waals surface area contributed by atoms with Gasteiger partial charge in [0.05, 0.1) is 32.7 Å². The van der Waals surface area contributed by atoms with Crippen molar-refractivity contribution >= 4 is 11.7 Å². The second kappa shape index (κ2) is 8.50. The zero-order valence-electron chi connectivity index (χ0n) is 16.9. The fraction of sp³-hybridized carbons (Fsp3) is 0.444. The summed E-state index contributed by atoms with van der Waals surface area (Å²) in [7, 11) is 5.71. The van der Waals surface area contributed by atoms with Gasteiger partial charge >= 0.3 is 12.2 Å². The number of rotatable bonds is 6. The average molecular weight is 416 g/mol. The van der Waals surface area contributed by atoms with Crippen LogP contribution in [0.3, 0.4) is 0 Å². The zero-order chi connectivity index (χ0) is 21.9. The summed E-state index contributed by atoms with van der Waals surface area (Å²) in [5.41, 5.74) is 0.552. The van der Waals surface area contributed by atoms with Crippen LogP contribution in [-0.2, 0) is 7.05 Å². The number of methoxy groups -OCH3 is 3. The molecule has 2 amide bonds. The Morgan fingerprint density at radius 2 is 1.66 bits per heavy atom. The first-order chi connectivity index (χ1) is 13.5. The Bertz CT molecular complexity index is 871. The van der Waals surface area contributed by atoms with E-state index in [1.54, 1.807) is 0 Å². The van der Waals surface area contributed by atoms with Gasteiger partial charge in [-0.25, -0.2) is 4.79 Å². The number of alkyl halides is 3. The summed E-state index contributed by atoms with van der Waals surface area (Å²) in [5.74, 6) is 0.776. The van der Waals surface area contributed by atoms with E-state index in [0.29, 0.717) is 5.69 Å². The van der Waals surface area contributed by atoms with Crippen LogP contribution < -0.4 is 24.8 Å². The molecule has 0 saturated carbocycles. The molecular formula is C18H23F3N4O4. The number of hydrogen-bond donors (Lipinski definition) is 2. The minimum Gasteiger partial charge on any atom is -0.493 e. The number of nitrogens with one attached hydrogen (secondary N) is 2. The van der Waals surface area contributed by atoms with Crippen LogP contribution in [0.5, 0.6) is 17.2 Å². The molecule has 11 heteroatoms. The molecule has 0 aliphatic rings. The van der Waals surface area contributed by atoms with Gasteiger partial charge < -0.3 is 24.8 Å². The van der Waals surface area contributed by atoms with Crippen LogP contribution in [0, 0.1) is 13.8 Å². The van der Waals surface area contributed by atoms with E-state index >= 15 is 0 Å². The third-order valence-electron chi connectivity index (χ3n) is 4.38. The van der Waals surface area contributed by atoms with Gasteiger partial charge in [-0.2, -0.15) is 18.3 Å². The molecule has 29 heavy (non-hydrogen) atoms. The van der Waals surface area contributed by atoms with Crippen molar-refractivity contribution in [1.29, 1.82) is 0 Å². The molecule has 160 valence electrons. The van der Waals surface area contributed by atoms with Crippen molar-refractivity contribution in [2.75, 3.05) is 26.6 Å². The monoisotopic (exact) mass is 416 g/mol. The van der Waals surface area contributed by atoms with E-state index in [1.807, 2.05) is 5.32 Å². The number of urea groups is 1. The normalized spacial score (nSPS) is 12.3. The lowest BCUT2D eigenvalue weighted by Gasteiger charge is -2.23. The number of carbonyl (C=O) groups excluding carboxylic acids is 1. The highest BCUT2D eigenvalue weighted by Crippen LogP contribution is 2.40. The van der Waals surface area contributed by atoms with Gasteiger partial charge in [0.15, 0.2) is 17.5 Å².